The number of ether oxygens (including phenoxy) is 1. The SMILES string of the molecule is CCN1CCN(c2nc(-c3ccc(CC(C)(C)C(=O)OC)cc3)cc3ccccc23)CC1. The summed E-state index contributed by atoms with van der Waals surface area (Å²) in [6, 6.07) is 19.1. The van der Waals surface area contributed by atoms with Crippen molar-refractivity contribution in [2.24, 2.45) is 5.41 Å². The van der Waals surface area contributed by atoms with Crippen LogP contribution in [0.3, 0.4) is 0 Å². The largest absolute Gasteiger partial charge is 0.469 e. The Morgan fingerprint density at radius 3 is 2.38 bits per heavy atom. The summed E-state index contributed by atoms with van der Waals surface area (Å²) in [7, 11) is 1.44. The van der Waals surface area contributed by atoms with E-state index < -0.39 is 5.41 Å². The van der Waals surface area contributed by atoms with Crippen LogP contribution in [-0.4, -0.2) is 55.7 Å². The van der Waals surface area contributed by atoms with Gasteiger partial charge in [0.2, 0.25) is 0 Å². The number of esters is 1. The van der Waals surface area contributed by atoms with Crippen LogP contribution < -0.4 is 4.90 Å². The van der Waals surface area contributed by atoms with Crippen molar-refractivity contribution in [3.05, 3.63) is 60.2 Å². The molecule has 1 fully saturated rings. The second kappa shape index (κ2) is 9.29. The minimum absolute atomic E-state index is 0.189. The van der Waals surface area contributed by atoms with E-state index in [4.69, 9.17) is 9.72 Å². The van der Waals surface area contributed by atoms with Crippen molar-refractivity contribution in [3.63, 3.8) is 0 Å². The number of likely N-dealkylation sites (N-methyl/N-ethyl adjacent to an activating group) is 1. The zero-order chi connectivity index (χ0) is 22.7. The molecule has 5 heteroatoms. The van der Waals surface area contributed by atoms with Gasteiger partial charge in [-0.25, -0.2) is 4.98 Å². The van der Waals surface area contributed by atoms with Crippen molar-refractivity contribution in [3.8, 4) is 11.3 Å². The molecule has 0 aliphatic carbocycles. The molecule has 2 heterocycles. The summed E-state index contributed by atoms with van der Waals surface area (Å²) in [6.07, 6.45) is 0.637. The Morgan fingerprint density at radius 2 is 1.72 bits per heavy atom. The zero-order valence-electron chi connectivity index (χ0n) is 19.6. The van der Waals surface area contributed by atoms with E-state index in [-0.39, 0.29) is 5.97 Å². The van der Waals surface area contributed by atoms with Gasteiger partial charge in [-0.1, -0.05) is 55.5 Å². The lowest BCUT2D eigenvalue weighted by molar-refractivity contribution is -0.150. The van der Waals surface area contributed by atoms with Gasteiger partial charge in [0.1, 0.15) is 5.82 Å². The average Bonchev–Trinajstić information content (AvgIpc) is 2.83. The lowest BCUT2D eigenvalue weighted by Gasteiger charge is -2.35. The number of pyridine rings is 1. The van der Waals surface area contributed by atoms with Crippen LogP contribution >= 0.6 is 0 Å². The van der Waals surface area contributed by atoms with E-state index in [2.05, 4.69) is 71.3 Å². The number of rotatable bonds is 6. The highest BCUT2D eigenvalue weighted by Crippen LogP contribution is 2.31. The molecule has 0 atom stereocenters. The first-order valence-corrected chi connectivity index (χ1v) is 11.5. The molecule has 0 radical (unpaired) electrons. The molecule has 1 aliphatic rings. The maximum absolute atomic E-state index is 12.0. The maximum Gasteiger partial charge on any atom is 0.311 e. The van der Waals surface area contributed by atoms with Gasteiger partial charge in [-0.05, 0) is 43.8 Å². The molecule has 3 aromatic rings. The number of anilines is 1. The van der Waals surface area contributed by atoms with Gasteiger partial charge >= 0.3 is 5.97 Å². The third-order valence-electron chi connectivity index (χ3n) is 6.47. The number of hydrogen-bond acceptors (Lipinski definition) is 5. The van der Waals surface area contributed by atoms with Gasteiger partial charge in [0.15, 0.2) is 0 Å². The molecule has 1 aliphatic heterocycles. The molecule has 0 bridgehead atoms. The Kier molecular flexibility index (Phi) is 6.47. The standard InChI is InChI=1S/C27H33N3O2/c1-5-29-14-16-30(17-15-29)25-23-9-7-6-8-22(23)18-24(28-25)21-12-10-20(11-13-21)19-27(2,3)26(31)32-4/h6-13,18H,5,14-17,19H2,1-4H3. The summed E-state index contributed by atoms with van der Waals surface area (Å²) in [6.45, 7) is 11.3. The third-order valence-corrected chi connectivity index (χ3v) is 6.47. The van der Waals surface area contributed by atoms with E-state index in [0.717, 1.165) is 55.4 Å². The first-order valence-electron chi connectivity index (χ1n) is 11.5. The predicted octanol–water partition coefficient (Wildman–Crippen LogP) is 4.79. The topological polar surface area (TPSA) is 45.7 Å². The van der Waals surface area contributed by atoms with E-state index in [9.17, 15) is 4.79 Å². The fraction of sp³-hybridized carbons (Fsp3) is 0.407. The van der Waals surface area contributed by atoms with Gasteiger partial charge < -0.3 is 14.5 Å². The third kappa shape index (κ3) is 4.63. The normalized spacial score (nSPS) is 15.2. The Labute approximate surface area is 191 Å². The maximum atomic E-state index is 12.0. The molecular formula is C27H33N3O2. The highest BCUT2D eigenvalue weighted by molar-refractivity contribution is 5.95. The quantitative estimate of drug-likeness (QED) is 0.526. The Balaban J connectivity index is 1.64. The Hall–Kier alpha value is -2.92. The number of benzene rings is 2. The van der Waals surface area contributed by atoms with E-state index in [1.165, 1.54) is 17.9 Å². The predicted molar refractivity (Wildman–Crippen MR) is 131 cm³/mol. The first kappa shape index (κ1) is 22.3. The molecule has 5 nitrogen and oxygen atoms in total. The first-order chi connectivity index (χ1) is 15.4. The van der Waals surface area contributed by atoms with Crippen LogP contribution in [0.15, 0.2) is 54.6 Å². The summed E-state index contributed by atoms with van der Waals surface area (Å²) >= 11 is 0. The van der Waals surface area contributed by atoms with E-state index in [0.29, 0.717) is 6.42 Å². The molecule has 1 saturated heterocycles. The molecule has 2 aromatic carbocycles. The van der Waals surface area contributed by atoms with Crippen molar-refractivity contribution in [2.75, 3.05) is 44.7 Å². The number of carbonyl (C=O) groups is 1. The van der Waals surface area contributed by atoms with Crippen molar-refractivity contribution < 1.29 is 9.53 Å². The second-order valence-electron chi connectivity index (χ2n) is 9.22. The highest BCUT2D eigenvalue weighted by Gasteiger charge is 2.29. The Morgan fingerprint density at radius 1 is 1.03 bits per heavy atom. The molecule has 1 aromatic heterocycles. The lowest BCUT2D eigenvalue weighted by Crippen LogP contribution is -2.46. The molecule has 0 spiro atoms. The number of aromatic nitrogens is 1. The average molecular weight is 432 g/mol. The van der Waals surface area contributed by atoms with Crippen LogP contribution in [0.2, 0.25) is 0 Å². The number of fused-ring (bicyclic) bond motifs is 1. The van der Waals surface area contributed by atoms with Crippen molar-refractivity contribution in [1.29, 1.82) is 0 Å². The molecule has 4 rings (SSSR count). The fourth-order valence-electron chi connectivity index (χ4n) is 4.50. The minimum atomic E-state index is -0.550. The van der Waals surface area contributed by atoms with Gasteiger partial charge in [-0.15, -0.1) is 0 Å². The van der Waals surface area contributed by atoms with Gasteiger partial charge in [-0.3, -0.25) is 4.79 Å². The molecule has 168 valence electrons. The second-order valence-corrected chi connectivity index (χ2v) is 9.22. The zero-order valence-corrected chi connectivity index (χ0v) is 19.6. The van der Waals surface area contributed by atoms with Crippen LogP contribution in [0.25, 0.3) is 22.0 Å². The van der Waals surface area contributed by atoms with E-state index in [1.54, 1.807) is 0 Å². The number of carbonyl (C=O) groups excluding carboxylic acids is 1. The molecular weight excluding hydrogens is 398 g/mol. The number of methoxy groups -OCH3 is 1. The van der Waals surface area contributed by atoms with E-state index >= 15 is 0 Å². The summed E-state index contributed by atoms with van der Waals surface area (Å²) in [4.78, 5) is 22.1. The summed E-state index contributed by atoms with van der Waals surface area (Å²) in [5, 5.41) is 2.42. The molecule has 0 unspecified atom stereocenters. The van der Waals surface area contributed by atoms with Crippen molar-refractivity contribution >= 4 is 22.6 Å². The van der Waals surface area contributed by atoms with Gasteiger partial charge in [-0.2, -0.15) is 0 Å². The van der Waals surface area contributed by atoms with E-state index in [1.807, 2.05) is 13.8 Å². The summed E-state index contributed by atoms with van der Waals surface area (Å²) in [5.41, 5.74) is 2.63. The highest BCUT2D eigenvalue weighted by atomic mass is 16.5. The summed E-state index contributed by atoms with van der Waals surface area (Å²) in [5.74, 6) is 0.885. The smallest absolute Gasteiger partial charge is 0.311 e. The summed E-state index contributed by atoms with van der Waals surface area (Å²) < 4.78 is 4.95. The number of hydrogen-bond donors (Lipinski definition) is 0. The molecule has 0 N–H and O–H groups in total. The van der Waals surface area contributed by atoms with Crippen molar-refractivity contribution in [1.82, 2.24) is 9.88 Å². The Bertz CT molecular complexity index is 1080. The van der Waals surface area contributed by atoms with Crippen molar-refractivity contribution in [2.45, 2.75) is 27.2 Å². The van der Waals surface area contributed by atoms with Crippen LogP contribution in [0.4, 0.5) is 5.82 Å². The monoisotopic (exact) mass is 431 g/mol. The number of nitrogens with zero attached hydrogens (tertiary/aromatic N) is 3. The minimum Gasteiger partial charge on any atom is -0.469 e. The number of piperazine rings is 1. The molecule has 0 saturated carbocycles. The van der Waals surface area contributed by atoms with Gasteiger partial charge in [0.25, 0.3) is 0 Å². The van der Waals surface area contributed by atoms with Gasteiger partial charge in [0, 0.05) is 37.1 Å². The van der Waals surface area contributed by atoms with Crippen LogP contribution in [0.5, 0.6) is 0 Å². The fourth-order valence-corrected chi connectivity index (χ4v) is 4.50. The van der Waals surface area contributed by atoms with Crippen LogP contribution in [0, 0.1) is 5.41 Å². The van der Waals surface area contributed by atoms with Crippen LogP contribution in [0.1, 0.15) is 26.3 Å². The molecule has 0 amide bonds. The van der Waals surface area contributed by atoms with Crippen LogP contribution in [-0.2, 0) is 16.0 Å². The van der Waals surface area contributed by atoms with Gasteiger partial charge in [0.05, 0.1) is 18.2 Å². The molecule has 32 heavy (non-hydrogen) atoms. The lowest BCUT2D eigenvalue weighted by atomic mass is 9.85.